The summed E-state index contributed by atoms with van der Waals surface area (Å²) in [6, 6.07) is 4.27. The number of amidine groups is 1. The highest BCUT2D eigenvalue weighted by molar-refractivity contribution is 8.14. The number of nitrogens with one attached hydrogen (secondary N) is 1. The molecule has 1 N–H and O–H groups in total. The van der Waals surface area contributed by atoms with Crippen molar-refractivity contribution in [1.82, 2.24) is 5.32 Å². The van der Waals surface area contributed by atoms with Crippen LogP contribution in [0, 0.1) is 0 Å². The third-order valence-corrected chi connectivity index (χ3v) is 4.52. The van der Waals surface area contributed by atoms with E-state index in [9.17, 15) is 0 Å². The smallest absolute Gasteiger partial charge is 0.157 e. The molecular weight excluding hydrogens is 224 g/mol. The summed E-state index contributed by atoms with van der Waals surface area (Å²) in [5.41, 5.74) is 0.215. The van der Waals surface area contributed by atoms with Crippen molar-refractivity contribution in [2.75, 3.05) is 12.3 Å². The van der Waals surface area contributed by atoms with Crippen LogP contribution in [-0.2, 0) is 6.42 Å². The van der Waals surface area contributed by atoms with Crippen molar-refractivity contribution in [2.45, 2.75) is 25.8 Å². The van der Waals surface area contributed by atoms with Gasteiger partial charge in [-0.1, -0.05) is 17.8 Å². The summed E-state index contributed by atoms with van der Waals surface area (Å²) in [6.07, 6.45) is 1.06. The summed E-state index contributed by atoms with van der Waals surface area (Å²) >= 11 is 3.64. The molecule has 1 aromatic rings. The number of thiophene rings is 1. The highest BCUT2D eigenvalue weighted by Crippen LogP contribution is 2.22. The summed E-state index contributed by atoms with van der Waals surface area (Å²) in [4.78, 5) is 5.99. The molecule has 0 bridgehead atoms. The molecule has 2 heterocycles. The molecular formula is C11H16N2S2. The van der Waals surface area contributed by atoms with Crippen LogP contribution in [0.1, 0.15) is 18.7 Å². The highest BCUT2D eigenvalue weighted by Gasteiger charge is 2.26. The second-order valence-corrected chi connectivity index (χ2v) is 6.31. The first-order valence-electron chi connectivity index (χ1n) is 5.13. The largest absolute Gasteiger partial charge is 0.359 e. The molecule has 1 saturated heterocycles. The van der Waals surface area contributed by atoms with Crippen molar-refractivity contribution >= 4 is 28.3 Å². The molecule has 1 aliphatic rings. The van der Waals surface area contributed by atoms with Gasteiger partial charge in [-0.3, -0.25) is 4.99 Å². The van der Waals surface area contributed by atoms with Crippen molar-refractivity contribution in [3.05, 3.63) is 22.4 Å². The molecule has 0 aromatic carbocycles. The molecule has 2 rings (SSSR count). The van der Waals surface area contributed by atoms with Crippen LogP contribution in [0.2, 0.25) is 0 Å². The number of thioether (sulfide) groups is 1. The Kier molecular flexibility index (Phi) is 3.36. The SMILES string of the molecule is CC1(C)CSC(=NCCc2cccs2)N1. The van der Waals surface area contributed by atoms with E-state index < -0.39 is 0 Å². The second kappa shape index (κ2) is 4.58. The molecule has 0 saturated carbocycles. The van der Waals surface area contributed by atoms with Gasteiger partial charge in [-0.25, -0.2) is 0 Å². The van der Waals surface area contributed by atoms with Gasteiger partial charge in [0.25, 0.3) is 0 Å². The van der Waals surface area contributed by atoms with Gasteiger partial charge >= 0.3 is 0 Å². The molecule has 1 fully saturated rings. The van der Waals surface area contributed by atoms with Crippen LogP contribution in [0.3, 0.4) is 0 Å². The summed E-state index contributed by atoms with van der Waals surface area (Å²) < 4.78 is 0. The predicted molar refractivity (Wildman–Crippen MR) is 70.0 cm³/mol. The van der Waals surface area contributed by atoms with E-state index in [1.807, 2.05) is 23.1 Å². The Balaban J connectivity index is 1.80. The molecule has 0 aliphatic carbocycles. The van der Waals surface area contributed by atoms with E-state index in [1.54, 1.807) is 0 Å². The first-order chi connectivity index (χ1) is 7.16. The van der Waals surface area contributed by atoms with E-state index in [-0.39, 0.29) is 5.54 Å². The van der Waals surface area contributed by atoms with Crippen molar-refractivity contribution in [1.29, 1.82) is 0 Å². The lowest BCUT2D eigenvalue weighted by Gasteiger charge is -2.15. The van der Waals surface area contributed by atoms with Crippen LogP contribution in [-0.4, -0.2) is 23.0 Å². The molecule has 0 atom stereocenters. The van der Waals surface area contributed by atoms with E-state index in [0.717, 1.165) is 23.9 Å². The minimum Gasteiger partial charge on any atom is -0.359 e. The van der Waals surface area contributed by atoms with Gasteiger partial charge in [0.1, 0.15) is 0 Å². The summed E-state index contributed by atoms with van der Waals surface area (Å²) in [7, 11) is 0. The monoisotopic (exact) mass is 240 g/mol. The third kappa shape index (κ3) is 3.24. The Labute approximate surface area is 99.2 Å². The number of hydrogen-bond donors (Lipinski definition) is 1. The fourth-order valence-corrected chi connectivity index (χ4v) is 3.22. The van der Waals surface area contributed by atoms with Gasteiger partial charge in [0.2, 0.25) is 0 Å². The molecule has 1 aliphatic heterocycles. The van der Waals surface area contributed by atoms with Gasteiger partial charge in [0.05, 0.1) is 0 Å². The van der Waals surface area contributed by atoms with Crippen molar-refractivity contribution < 1.29 is 0 Å². The maximum absolute atomic E-state index is 4.57. The quantitative estimate of drug-likeness (QED) is 0.878. The van der Waals surface area contributed by atoms with Crippen LogP contribution in [0.15, 0.2) is 22.5 Å². The van der Waals surface area contributed by atoms with Crippen molar-refractivity contribution in [3.63, 3.8) is 0 Å². The Hall–Kier alpha value is -0.480. The van der Waals surface area contributed by atoms with Crippen molar-refractivity contribution in [3.8, 4) is 0 Å². The Morgan fingerprint density at radius 3 is 3.00 bits per heavy atom. The molecule has 0 spiro atoms. The average Bonchev–Trinajstić information content (AvgIpc) is 2.76. The summed E-state index contributed by atoms with van der Waals surface area (Å²) in [5, 5.41) is 6.65. The predicted octanol–water partition coefficient (Wildman–Crippen LogP) is 2.76. The molecule has 1 aromatic heterocycles. The lowest BCUT2D eigenvalue weighted by atomic mass is 10.1. The first kappa shape index (κ1) is 11.0. The van der Waals surface area contributed by atoms with Gasteiger partial charge in [-0.2, -0.15) is 0 Å². The number of rotatable bonds is 3. The van der Waals surface area contributed by atoms with E-state index in [2.05, 4.69) is 41.7 Å². The molecule has 4 heteroatoms. The van der Waals surface area contributed by atoms with Gasteiger partial charge in [0.15, 0.2) is 5.17 Å². The normalized spacial score (nSPS) is 21.9. The van der Waals surface area contributed by atoms with Gasteiger partial charge in [-0.15, -0.1) is 11.3 Å². The molecule has 82 valence electrons. The number of aliphatic imine (C=N–C) groups is 1. The Morgan fingerprint density at radius 2 is 2.40 bits per heavy atom. The van der Waals surface area contributed by atoms with Gasteiger partial charge < -0.3 is 5.32 Å². The topological polar surface area (TPSA) is 24.4 Å². The molecule has 0 unspecified atom stereocenters. The highest BCUT2D eigenvalue weighted by atomic mass is 32.2. The third-order valence-electron chi connectivity index (χ3n) is 2.21. The van der Waals surface area contributed by atoms with E-state index in [1.165, 1.54) is 4.88 Å². The maximum atomic E-state index is 4.57. The zero-order valence-electron chi connectivity index (χ0n) is 9.12. The number of nitrogens with zero attached hydrogens (tertiary/aromatic N) is 1. The van der Waals surface area contributed by atoms with Crippen LogP contribution >= 0.6 is 23.1 Å². The Morgan fingerprint density at radius 1 is 1.53 bits per heavy atom. The molecule has 0 amide bonds. The van der Waals surface area contributed by atoms with Crippen LogP contribution < -0.4 is 5.32 Å². The first-order valence-corrected chi connectivity index (χ1v) is 7.00. The molecule has 2 nitrogen and oxygen atoms in total. The van der Waals surface area contributed by atoms with Gasteiger partial charge in [-0.05, 0) is 25.3 Å². The minimum absolute atomic E-state index is 0.215. The Bertz CT molecular complexity index is 341. The fourth-order valence-electron chi connectivity index (χ4n) is 1.42. The van der Waals surface area contributed by atoms with E-state index in [0.29, 0.717) is 0 Å². The zero-order valence-corrected chi connectivity index (χ0v) is 10.8. The lowest BCUT2D eigenvalue weighted by Crippen LogP contribution is -2.36. The van der Waals surface area contributed by atoms with Crippen molar-refractivity contribution in [2.24, 2.45) is 4.99 Å². The standard InChI is InChI=1S/C11H16N2S2/c1-11(2)8-15-10(13-11)12-6-5-9-4-3-7-14-9/h3-4,7H,5-6,8H2,1-2H3,(H,12,13). The lowest BCUT2D eigenvalue weighted by molar-refractivity contribution is 0.536. The van der Waals surface area contributed by atoms with Gasteiger partial charge in [0, 0.05) is 29.1 Å². The average molecular weight is 240 g/mol. The fraction of sp³-hybridized carbons (Fsp3) is 0.545. The number of hydrogen-bond acceptors (Lipinski definition) is 3. The van der Waals surface area contributed by atoms with Crippen LogP contribution in [0.25, 0.3) is 0 Å². The van der Waals surface area contributed by atoms with Crippen LogP contribution in [0.5, 0.6) is 0 Å². The molecule has 0 radical (unpaired) electrons. The second-order valence-electron chi connectivity index (χ2n) is 4.31. The zero-order chi connectivity index (χ0) is 10.7. The summed E-state index contributed by atoms with van der Waals surface area (Å²) in [6.45, 7) is 5.31. The molecule has 15 heavy (non-hydrogen) atoms. The van der Waals surface area contributed by atoms with Crippen LogP contribution in [0.4, 0.5) is 0 Å². The maximum Gasteiger partial charge on any atom is 0.157 e. The van der Waals surface area contributed by atoms with E-state index in [4.69, 9.17) is 0 Å². The summed E-state index contributed by atoms with van der Waals surface area (Å²) in [5.74, 6) is 1.12. The van der Waals surface area contributed by atoms with E-state index >= 15 is 0 Å². The minimum atomic E-state index is 0.215.